The number of unbranched alkanes of at least 4 members (excludes halogenated alkanes) is 40. The first kappa shape index (κ1) is 64.3. The number of quaternary nitrogens is 1. The number of likely N-dealkylation sites (N-methyl/N-ethyl adjacent to an activating group) is 1. The highest BCUT2D eigenvalue weighted by atomic mass is 16.6. The summed E-state index contributed by atoms with van der Waals surface area (Å²) in [7, 11) is 5.44. The molecular formula is C58H113NO7. The van der Waals surface area contributed by atoms with Gasteiger partial charge in [-0.15, -0.1) is 0 Å². The SMILES string of the molecule is CCCCCCCCCCCCCCCCCCCCCCCCC(=O)OC(COCCC(C(=O)[O-])[N+](C)(C)C)COC(=O)CCCCCCCCCCCCCCCCCCCCCC. The van der Waals surface area contributed by atoms with Crippen LogP contribution in [0.5, 0.6) is 0 Å². The van der Waals surface area contributed by atoms with Crippen molar-refractivity contribution in [2.24, 2.45) is 0 Å². The minimum atomic E-state index is -1.12. The van der Waals surface area contributed by atoms with Crippen molar-refractivity contribution in [2.75, 3.05) is 41.0 Å². The topological polar surface area (TPSA) is 102 Å². The van der Waals surface area contributed by atoms with E-state index in [1.54, 1.807) is 0 Å². The fraction of sp³-hybridized carbons (Fsp3) is 0.948. The fourth-order valence-electron chi connectivity index (χ4n) is 9.25. The monoisotopic (exact) mass is 936 g/mol. The highest BCUT2D eigenvalue weighted by molar-refractivity contribution is 5.70. The Hall–Kier alpha value is -1.67. The summed E-state index contributed by atoms with van der Waals surface area (Å²) in [4.78, 5) is 37.1. The van der Waals surface area contributed by atoms with Gasteiger partial charge in [0.2, 0.25) is 0 Å². The van der Waals surface area contributed by atoms with E-state index in [1.165, 1.54) is 231 Å². The largest absolute Gasteiger partial charge is 0.544 e. The van der Waals surface area contributed by atoms with E-state index in [0.29, 0.717) is 12.8 Å². The molecule has 0 spiro atoms. The number of rotatable bonds is 54. The lowest BCUT2D eigenvalue weighted by Gasteiger charge is -2.34. The molecule has 0 aromatic rings. The maximum Gasteiger partial charge on any atom is 0.306 e. The molecule has 392 valence electrons. The minimum absolute atomic E-state index is 0.0502. The van der Waals surface area contributed by atoms with Gasteiger partial charge in [-0.2, -0.15) is 0 Å². The Labute approximate surface area is 410 Å². The first-order valence-electron chi connectivity index (χ1n) is 29.1. The summed E-state index contributed by atoms with van der Waals surface area (Å²) < 4.78 is 17.3. The van der Waals surface area contributed by atoms with Crippen LogP contribution in [0.4, 0.5) is 0 Å². The smallest absolute Gasteiger partial charge is 0.306 e. The number of aliphatic carboxylic acids is 1. The van der Waals surface area contributed by atoms with Gasteiger partial charge >= 0.3 is 11.9 Å². The summed E-state index contributed by atoms with van der Waals surface area (Å²) in [6, 6.07) is -0.721. The number of hydrogen-bond acceptors (Lipinski definition) is 7. The van der Waals surface area contributed by atoms with Crippen LogP contribution in [0, 0.1) is 0 Å². The summed E-state index contributed by atoms with van der Waals surface area (Å²) in [5.74, 6) is -1.70. The summed E-state index contributed by atoms with van der Waals surface area (Å²) >= 11 is 0. The molecule has 0 radical (unpaired) electrons. The molecule has 8 heteroatoms. The van der Waals surface area contributed by atoms with Gasteiger partial charge in [-0.1, -0.05) is 271 Å². The van der Waals surface area contributed by atoms with Crippen LogP contribution < -0.4 is 5.11 Å². The third kappa shape index (κ3) is 47.4. The average Bonchev–Trinajstić information content (AvgIpc) is 3.28. The Bertz CT molecular complexity index is 1050. The summed E-state index contributed by atoms with van der Waals surface area (Å²) in [5, 5.41) is 11.7. The van der Waals surface area contributed by atoms with Gasteiger partial charge in [0.05, 0.1) is 40.3 Å². The molecule has 2 atom stereocenters. The Morgan fingerprint density at radius 2 is 0.667 bits per heavy atom. The second-order valence-corrected chi connectivity index (χ2v) is 21.3. The van der Waals surface area contributed by atoms with Gasteiger partial charge in [-0.3, -0.25) is 9.59 Å². The minimum Gasteiger partial charge on any atom is -0.544 e. The molecule has 0 aliphatic rings. The zero-order valence-corrected chi connectivity index (χ0v) is 44.9. The number of carboxylic acid groups (broad SMARTS) is 1. The van der Waals surface area contributed by atoms with Crippen molar-refractivity contribution < 1.29 is 38.2 Å². The van der Waals surface area contributed by atoms with E-state index in [-0.39, 0.29) is 42.7 Å². The van der Waals surface area contributed by atoms with Crippen molar-refractivity contribution in [2.45, 2.75) is 315 Å². The van der Waals surface area contributed by atoms with Crippen molar-refractivity contribution in [3.8, 4) is 0 Å². The van der Waals surface area contributed by atoms with Crippen molar-refractivity contribution in [1.82, 2.24) is 0 Å². The van der Waals surface area contributed by atoms with Crippen LogP contribution in [0.25, 0.3) is 0 Å². The van der Waals surface area contributed by atoms with E-state index in [2.05, 4.69) is 13.8 Å². The third-order valence-electron chi connectivity index (χ3n) is 13.7. The maximum atomic E-state index is 12.8. The Morgan fingerprint density at radius 3 is 0.939 bits per heavy atom. The Kier molecular flexibility index (Phi) is 48.5. The molecule has 0 aliphatic carbocycles. The molecule has 0 rings (SSSR count). The maximum absolute atomic E-state index is 12.8. The summed E-state index contributed by atoms with van der Waals surface area (Å²) in [6.07, 6.45) is 55.7. The number of nitrogens with zero attached hydrogens (tertiary/aromatic N) is 1. The van der Waals surface area contributed by atoms with E-state index >= 15 is 0 Å². The lowest BCUT2D eigenvalue weighted by Crippen LogP contribution is -2.55. The quantitative estimate of drug-likeness (QED) is 0.0340. The van der Waals surface area contributed by atoms with E-state index in [0.717, 1.165) is 38.5 Å². The second kappa shape index (κ2) is 49.7. The average molecular weight is 937 g/mol. The van der Waals surface area contributed by atoms with Crippen LogP contribution in [0.2, 0.25) is 0 Å². The third-order valence-corrected chi connectivity index (χ3v) is 13.7. The predicted octanol–water partition coefficient (Wildman–Crippen LogP) is 15.9. The van der Waals surface area contributed by atoms with Crippen molar-refractivity contribution in [1.29, 1.82) is 0 Å². The van der Waals surface area contributed by atoms with Crippen LogP contribution >= 0.6 is 0 Å². The van der Waals surface area contributed by atoms with Gasteiger partial charge in [0.1, 0.15) is 12.6 Å². The van der Waals surface area contributed by atoms with Gasteiger partial charge in [-0.25, -0.2) is 0 Å². The van der Waals surface area contributed by atoms with Crippen molar-refractivity contribution >= 4 is 17.9 Å². The molecule has 0 aromatic carbocycles. The number of esters is 2. The van der Waals surface area contributed by atoms with Crippen LogP contribution in [-0.4, -0.2) is 75.5 Å². The zero-order valence-electron chi connectivity index (χ0n) is 44.9. The molecule has 0 bridgehead atoms. The van der Waals surface area contributed by atoms with Crippen LogP contribution in [-0.2, 0) is 28.6 Å². The molecule has 8 nitrogen and oxygen atoms in total. The van der Waals surface area contributed by atoms with Gasteiger partial charge < -0.3 is 28.6 Å². The molecule has 0 aliphatic heterocycles. The molecule has 0 fully saturated rings. The van der Waals surface area contributed by atoms with E-state index in [1.807, 2.05) is 21.1 Å². The lowest BCUT2D eigenvalue weighted by atomic mass is 10.0. The number of carbonyl (C=O) groups excluding carboxylic acids is 3. The standard InChI is InChI=1S/C58H113NO7/c1-6-8-10-12-14-16-18-20-22-24-26-28-29-31-33-35-37-39-41-43-45-47-49-57(61)66-54(52-64-51-50-55(58(62)63)59(3,4)5)53-65-56(60)48-46-44-42-40-38-36-34-32-30-27-25-23-21-19-17-15-13-11-9-7-2/h54-55H,6-53H2,1-5H3. The first-order valence-corrected chi connectivity index (χ1v) is 29.1. The molecule has 0 saturated heterocycles. The lowest BCUT2D eigenvalue weighted by molar-refractivity contribution is -0.889. The number of ether oxygens (including phenoxy) is 3. The summed E-state index contributed by atoms with van der Waals surface area (Å²) in [6.45, 7) is 4.74. The highest BCUT2D eigenvalue weighted by Gasteiger charge is 2.25. The van der Waals surface area contributed by atoms with Gasteiger partial charge in [0.15, 0.2) is 6.10 Å². The molecule has 0 saturated carbocycles. The van der Waals surface area contributed by atoms with Crippen LogP contribution in [0.15, 0.2) is 0 Å². The van der Waals surface area contributed by atoms with Crippen molar-refractivity contribution in [3.05, 3.63) is 0 Å². The molecule has 0 N–H and O–H groups in total. The van der Waals surface area contributed by atoms with Gasteiger partial charge in [0, 0.05) is 19.3 Å². The number of hydrogen-bond donors (Lipinski definition) is 0. The molecule has 0 aromatic heterocycles. The Balaban J connectivity index is 4.10. The molecule has 2 unspecified atom stereocenters. The molecule has 66 heavy (non-hydrogen) atoms. The van der Waals surface area contributed by atoms with Crippen LogP contribution in [0.3, 0.4) is 0 Å². The van der Waals surface area contributed by atoms with E-state index in [9.17, 15) is 19.5 Å². The highest BCUT2D eigenvalue weighted by Crippen LogP contribution is 2.18. The molecule has 0 heterocycles. The van der Waals surface area contributed by atoms with E-state index in [4.69, 9.17) is 14.2 Å². The zero-order chi connectivity index (χ0) is 48.4. The number of carbonyl (C=O) groups is 3. The van der Waals surface area contributed by atoms with Gasteiger partial charge in [-0.05, 0) is 12.8 Å². The first-order chi connectivity index (χ1) is 32.1. The normalized spacial score (nSPS) is 12.7. The van der Waals surface area contributed by atoms with Gasteiger partial charge in [0.25, 0.3) is 0 Å². The Morgan fingerprint density at radius 1 is 0.394 bits per heavy atom. The fourth-order valence-corrected chi connectivity index (χ4v) is 9.25. The van der Waals surface area contributed by atoms with E-state index < -0.39 is 18.1 Å². The number of carboxylic acids is 1. The second-order valence-electron chi connectivity index (χ2n) is 21.3. The molecular weight excluding hydrogens is 823 g/mol. The predicted molar refractivity (Wildman–Crippen MR) is 278 cm³/mol. The molecule has 0 amide bonds. The summed E-state index contributed by atoms with van der Waals surface area (Å²) in [5.41, 5.74) is 0. The van der Waals surface area contributed by atoms with Crippen LogP contribution in [0.1, 0.15) is 303 Å². The van der Waals surface area contributed by atoms with Crippen molar-refractivity contribution in [3.63, 3.8) is 0 Å².